The maximum absolute atomic E-state index is 5.44. The van der Waals surface area contributed by atoms with Crippen molar-refractivity contribution in [2.24, 2.45) is 5.92 Å². The average molecular weight is 187 g/mol. The van der Waals surface area contributed by atoms with Gasteiger partial charge in [0.25, 0.3) is 0 Å². The largest absolute Gasteiger partial charge is 0.384 e. The molecule has 0 radical (unpaired) electrons. The van der Waals surface area contributed by atoms with E-state index in [1.165, 1.54) is 11.3 Å². The lowest BCUT2D eigenvalue weighted by Crippen LogP contribution is -2.06. The predicted molar refractivity (Wildman–Crippen MR) is 49.1 cm³/mol. The summed E-state index contributed by atoms with van der Waals surface area (Å²) in [4.78, 5) is 0. The Morgan fingerprint density at radius 2 is 2.33 bits per heavy atom. The number of nitrogen functional groups attached to an aromatic ring is 1. The zero-order valence-corrected chi connectivity index (χ0v) is 8.10. The Morgan fingerprint density at radius 1 is 1.58 bits per heavy atom. The van der Waals surface area contributed by atoms with Gasteiger partial charge < -0.3 is 10.5 Å². The number of anilines is 1. The lowest BCUT2D eigenvalue weighted by atomic mass is 10.1. The molecule has 1 rings (SSSR count). The fraction of sp³-hybridized carbons (Fsp3) is 0.714. The molecule has 0 aromatic carbocycles. The van der Waals surface area contributed by atoms with Gasteiger partial charge in [-0.15, -0.1) is 10.2 Å². The number of ether oxygens (including phenoxy) is 1. The molecule has 1 atom stereocenters. The van der Waals surface area contributed by atoms with Gasteiger partial charge in [-0.05, 0) is 5.92 Å². The molecule has 5 heteroatoms. The molecule has 1 aromatic rings. The summed E-state index contributed by atoms with van der Waals surface area (Å²) in [7, 11) is 1.70. The molecule has 0 fully saturated rings. The van der Waals surface area contributed by atoms with Gasteiger partial charge in [0.2, 0.25) is 5.13 Å². The Kier molecular flexibility index (Phi) is 3.43. The van der Waals surface area contributed by atoms with Crippen LogP contribution in [0.4, 0.5) is 5.13 Å². The maximum atomic E-state index is 5.44. The van der Waals surface area contributed by atoms with Gasteiger partial charge in [0.05, 0.1) is 0 Å². The van der Waals surface area contributed by atoms with Crippen molar-refractivity contribution in [1.82, 2.24) is 10.2 Å². The van der Waals surface area contributed by atoms with Crippen LogP contribution in [0, 0.1) is 5.92 Å². The van der Waals surface area contributed by atoms with Crippen LogP contribution in [0.2, 0.25) is 0 Å². The van der Waals surface area contributed by atoms with Crippen molar-refractivity contribution in [3.8, 4) is 0 Å². The molecule has 12 heavy (non-hydrogen) atoms. The molecule has 0 aliphatic heterocycles. The number of hydrogen-bond donors (Lipinski definition) is 1. The fourth-order valence-electron chi connectivity index (χ4n) is 0.991. The van der Waals surface area contributed by atoms with E-state index in [4.69, 9.17) is 10.5 Å². The van der Waals surface area contributed by atoms with Gasteiger partial charge in [-0.3, -0.25) is 0 Å². The standard InChI is InChI=1S/C7H13N3OS/c1-5(4-11-2)3-6-9-10-7(8)12-6/h5H,3-4H2,1-2H3,(H2,8,10). The molecular formula is C7H13N3OS. The van der Waals surface area contributed by atoms with Gasteiger partial charge >= 0.3 is 0 Å². The number of hydrogen-bond acceptors (Lipinski definition) is 5. The monoisotopic (exact) mass is 187 g/mol. The van der Waals surface area contributed by atoms with Gasteiger partial charge in [0.1, 0.15) is 5.01 Å². The smallest absolute Gasteiger partial charge is 0.203 e. The second kappa shape index (κ2) is 4.37. The molecule has 68 valence electrons. The van der Waals surface area contributed by atoms with Crippen LogP contribution in [0.15, 0.2) is 0 Å². The molecule has 1 unspecified atom stereocenters. The fourth-order valence-corrected chi connectivity index (χ4v) is 1.76. The van der Waals surface area contributed by atoms with E-state index in [0.717, 1.165) is 18.0 Å². The van der Waals surface area contributed by atoms with Crippen molar-refractivity contribution in [2.75, 3.05) is 19.5 Å². The van der Waals surface area contributed by atoms with E-state index in [9.17, 15) is 0 Å². The average Bonchev–Trinajstić information content (AvgIpc) is 2.36. The number of nitrogens with zero attached hydrogens (tertiary/aromatic N) is 2. The zero-order chi connectivity index (χ0) is 8.97. The minimum atomic E-state index is 0.474. The van der Waals surface area contributed by atoms with E-state index in [1.54, 1.807) is 7.11 Å². The lowest BCUT2D eigenvalue weighted by Gasteiger charge is -2.05. The van der Waals surface area contributed by atoms with Crippen LogP contribution >= 0.6 is 11.3 Å². The molecule has 4 nitrogen and oxygen atoms in total. The van der Waals surface area contributed by atoms with Crippen molar-refractivity contribution in [1.29, 1.82) is 0 Å². The van der Waals surface area contributed by atoms with Crippen LogP contribution in [0.25, 0.3) is 0 Å². The van der Waals surface area contributed by atoms with Crippen molar-refractivity contribution in [2.45, 2.75) is 13.3 Å². The SMILES string of the molecule is COCC(C)Cc1nnc(N)s1. The van der Waals surface area contributed by atoms with Gasteiger partial charge in [0.15, 0.2) is 0 Å². The highest BCUT2D eigenvalue weighted by molar-refractivity contribution is 7.15. The Bertz CT molecular complexity index is 238. The minimum absolute atomic E-state index is 0.474. The Labute approximate surface area is 75.8 Å². The molecule has 0 spiro atoms. The number of rotatable bonds is 4. The van der Waals surface area contributed by atoms with Crippen LogP contribution in [0.3, 0.4) is 0 Å². The summed E-state index contributed by atoms with van der Waals surface area (Å²) >= 11 is 1.44. The van der Waals surface area contributed by atoms with Crippen LogP contribution in [0.1, 0.15) is 11.9 Å². The summed E-state index contributed by atoms with van der Waals surface area (Å²) in [6.45, 7) is 2.86. The molecule has 0 amide bonds. The Balaban J connectivity index is 2.41. The van der Waals surface area contributed by atoms with Gasteiger partial charge in [-0.2, -0.15) is 0 Å². The summed E-state index contributed by atoms with van der Waals surface area (Å²) < 4.78 is 5.01. The first-order chi connectivity index (χ1) is 5.72. The Hall–Kier alpha value is -0.680. The third-order valence-corrected chi connectivity index (χ3v) is 2.23. The number of methoxy groups -OCH3 is 1. The maximum Gasteiger partial charge on any atom is 0.203 e. The lowest BCUT2D eigenvalue weighted by molar-refractivity contribution is 0.159. The van der Waals surface area contributed by atoms with E-state index in [0.29, 0.717) is 11.0 Å². The molecule has 0 aliphatic carbocycles. The molecule has 2 N–H and O–H groups in total. The topological polar surface area (TPSA) is 61.0 Å². The van der Waals surface area contributed by atoms with Crippen molar-refractivity contribution < 1.29 is 4.74 Å². The molecule has 0 saturated heterocycles. The summed E-state index contributed by atoms with van der Waals surface area (Å²) in [5.41, 5.74) is 5.44. The quantitative estimate of drug-likeness (QED) is 0.762. The highest BCUT2D eigenvalue weighted by Gasteiger charge is 2.06. The van der Waals surface area contributed by atoms with Crippen molar-refractivity contribution in [3.05, 3.63) is 5.01 Å². The highest BCUT2D eigenvalue weighted by Crippen LogP contribution is 2.15. The van der Waals surface area contributed by atoms with E-state index in [1.807, 2.05) is 0 Å². The van der Waals surface area contributed by atoms with Gasteiger partial charge in [-0.25, -0.2) is 0 Å². The number of aromatic nitrogens is 2. The van der Waals surface area contributed by atoms with Crippen LogP contribution in [-0.2, 0) is 11.2 Å². The number of nitrogens with two attached hydrogens (primary N) is 1. The molecule has 0 saturated carbocycles. The normalized spacial score (nSPS) is 13.2. The zero-order valence-electron chi connectivity index (χ0n) is 7.28. The van der Waals surface area contributed by atoms with Gasteiger partial charge in [-0.1, -0.05) is 18.3 Å². The van der Waals surface area contributed by atoms with Crippen LogP contribution in [0.5, 0.6) is 0 Å². The summed E-state index contributed by atoms with van der Waals surface area (Å²) in [6.07, 6.45) is 0.892. The second-order valence-electron chi connectivity index (χ2n) is 2.80. The summed E-state index contributed by atoms with van der Waals surface area (Å²) in [5.74, 6) is 0.474. The molecule has 1 heterocycles. The first kappa shape index (κ1) is 9.41. The first-order valence-corrected chi connectivity index (χ1v) is 4.60. The molecule has 0 bridgehead atoms. The van der Waals surface area contributed by atoms with E-state index >= 15 is 0 Å². The first-order valence-electron chi connectivity index (χ1n) is 3.79. The second-order valence-corrected chi connectivity index (χ2v) is 3.89. The van der Waals surface area contributed by atoms with Crippen molar-refractivity contribution in [3.63, 3.8) is 0 Å². The molecule has 1 aromatic heterocycles. The van der Waals surface area contributed by atoms with Crippen LogP contribution < -0.4 is 5.73 Å². The van der Waals surface area contributed by atoms with Crippen molar-refractivity contribution >= 4 is 16.5 Å². The third kappa shape index (κ3) is 2.75. The molecular weight excluding hydrogens is 174 g/mol. The van der Waals surface area contributed by atoms with E-state index in [-0.39, 0.29) is 0 Å². The summed E-state index contributed by atoms with van der Waals surface area (Å²) in [5, 5.41) is 9.18. The van der Waals surface area contributed by atoms with E-state index < -0.39 is 0 Å². The van der Waals surface area contributed by atoms with Crippen LogP contribution in [-0.4, -0.2) is 23.9 Å². The molecule has 0 aliphatic rings. The Morgan fingerprint density at radius 3 is 2.83 bits per heavy atom. The van der Waals surface area contributed by atoms with Gasteiger partial charge in [0, 0.05) is 20.1 Å². The highest BCUT2D eigenvalue weighted by atomic mass is 32.1. The third-order valence-electron chi connectivity index (χ3n) is 1.46. The summed E-state index contributed by atoms with van der Waals surface area (Å²) in [6, 6.07) is 0. The van der Waals surface area contributed by atoms with E-state index in [2.05, 4.69) is 17.1 Å². The minimum Gasteiger partial charge on any atom is -0.384 e. The predicted octanol–water partition coefficient (Wildman–Crippen LogP) is 0.945.